The van der Waals surface area contributed by atoms with E-state index < -0.39 is 0 Å². The summed E-state index contributed by atoms with van der Waals surface area (Å²) in [5.41, 5.74) is 0. The molecule has 0 radical (unpaired) electrons. The van der Waals surface area contributed by atoms with Crippen molar-refractivity contribution in [3.63, 3.8) is 0 Å². The van der Waals surface area contributed by atoms with E-state index in [1.54, 1.807) is 0 Å². The minimum Gasteiger partial charge on any atom is -0.299 e. The van der Waals surface area contributed by atoms with E-state index in [0.29, 0.717) is 5.78 Å². The summed E-state index contributed by atoms with van der Waals surface area (Å²) in [7, 11) is 0. The fourth-order valence-electron chi connectivity index (χ4n) is 1.88. The number of Topliss-reactive ketones (excluding diaryl/α,β-unsaturated/α-hetero) is 1. The molecular formula is C11H17NO. The summed E-state index contributed by atoms with van der Waals surface area (Å²) in [5, 5.41) is 8.60. The molecule has 0 aromatic heterocycles. The highest BCUT2D eigenvalue weighted by molar-refractivity contribution is 5.81. The molecule has 1 fully saturated rings. The molecular weight excluding hydrogens is 162 g/mol. The first-order valence-electron chi connectivity index (χ1n) is 5.16. The van der Waals surface area contributed by atoms with Gasteiger partial charge in [-0.1, -0.05) is 6.42 Å². The molecule has 1 aliphatic rings. The number of nitriles is 1. The second-order valence-corrected chi connectivity index (χ2v) is 4.02. The zero-order chi connectivity index (χ0) is 9.68. The van der Waals surface area contributed by atoms with Crippen LogP contribution >= 0.6 is 0 Å². The lowest BCUT2D eigenvalue weighted by molar-refractivity contribution is -0.124. The van der Waals surface area contributed by atoms with Crippen LogP contribution in [0.2, 0.25) is 0 Å². The van der Waals surface area contributed by atoms with Crippen LogP contribution in [0, 0.1) is 23.2 Å². The Balaban J connectivity index is 2.27. The molecule has 0 saturated heterocycles. The lowest BCUT2D eigenvalue weighted by atomic mass is 9.83. The molecule has 72 valence electrons. The Hall–Kier alpha value is -0.840. The number of carbonyl (C=O) groups excluding carboxylic acids is 1. The van der Waals surface area contributed by atoms with Crippen molar-refractivity contribution in [3.05, 3.63) is 0 Å². The molecule has 2 unspecified atom stereocenters. The third kappa shape index (κ3) is 3.18. The molecule has 2 nitrogen and oxygen atoms in total. The molecule has 0 spiro atoms. The summed E-state index contributed by atoms with van der Waals surface area (Å²) in [6.45, 7) is 1.92. The van der Waals surface area contributed by atoms with Gasteiger partial charge in [-0.3, -0.25) is 4.79 Å². The molecule has 0 aromatic rings. The van der Waals surface area contributed by atoms with Gasteiger partial charge >= 0.3 is 0 Å². The number of nitrogens with zero attached hydrogens (tertiary/aromatic N) is 1. The lowest BCUT2D eigenvalue weighted by Crippen LogP contribution is -2.19. The molecule has 2 heteroatoms. The Morgan fingerprint density at radius 2 is 2.38 bits per heavy atom. The summed E-state index contributed by atoms with van der Waals surface area (Å²) in [4.78, 5) is 11.4. The first-order chi connectivity index (χ1) is 6.24. The number of carbonyl (C=O) groups is 1. The predicted octanol–water partition coefficient (Wildman–Crippen LogP) is 2.69. The Labute approximate surface area is 79.9 Å². The van der Waals surface area contributed by atoms with Gasteiger partial charge in [0.25, 0.3) is 0 Å². The van der Waals surface area contributed by atoms with Gasteiger partial charge < -0.3 is 0 Å². The van der Waals surface area contributed by atoms with Crippen molar-refractivity contribution < 1.29 is 4.79 Å². The average Bonchev–Trinajstić information content (AvgIpc) is 2.16. The van der Waals surface area contributed by atoms with Gasteiger partial charge in [-0.15, -0.1) is 0 Å². The van der Waals surface area contributed by atoms with E-state index in [0.717, 1.165) is 32.1 Å². The average molecular weight is 179 g/mol. The molecule has 13 heavy (non-hydrogen) atoms. The highest BCUT2D eigenvalue weighted by Crippen LogP contribution is 2.25. The first-order valence-corrected chi connectivity index (χ1v) is 5.16. The van der Waals surface area contributed by atoms with Gasteiger partial charge in [-0.25, -0.2) is 0 Å². The molecule has 0 N–H and O–H groups in total. The molecule has 0 bridgehead atoms. The second-order valence-electron chi connectivity index (χ2n) is 4.02. The highest BCUT2D eigenvalue weighted by Gasteiger charge is 2.22. The maximum absolute atomic E-state index is 11.4. The summed E-state index contributed by atoms with van der Waals surface area (Å²) >= 11 is 0. The third-order valence-corrected chi connectivity index (χ3v) is 2.85. The Morgan fingerprint density at radius 3 is 3.00 bits per heavy atom. The zero-order valence-electron chi connectivity index (χ0n) is 8.25. The van der Waals surface area contributed by atoms with Crippen LogP contribution in [0.15, 0.2) is 0 Å². The number of hydrogen-bond donors (Lipinski definition) is 0. The number of rotatable bonds is 3. The molecule has 1 aliphatic carbocycles. The fourth-order valence-corrected chi connectivity index (χ4v) is 1.88. The third-order valence-electron chi connectivity index (χ3n) is 2.85. The summed E-state index contributed by atoms with van der Waals surface area (Å²) in [6, 6.07) is 2.21. The van der Waals surface area contributed by atoms with Gasteiger partial charge in [0.1, 0.15) is 5.78 Å². The Bertz CT molecular complexity index is 217. The molecule has 0 heterocycles. The van der Waals surface area contributed by atoms with Gasteiger partial charge in [0.15, 0.2) is 0 Å². The van der Waals surface area contributed by atoms with Crippen molar-refractivity contribution in [1.29, 1.82) is 5.26 Å². The van der Waals surface area contributed by atoms with Crippen molar-refractivity contribution in [2.75, 3.05) is 0 Å². The number of ketones is 1. The molecule has 1 rings (SSSR count). The molecule has 2 atom stereocenters. The Kier molecular flexibility index (Phi) is 3.95. The van der Waals surface area contributed by atoms with E-state index in [1.807, 2.05) is 6.92 Å². The van der Waals surface area contributed by atoms with Crippen LogP contribution in [-0.4, -0.2) is 5.78 Å². The van der Waals surface area contributed by atoms with Crippen LogP contribution in [0.4, 0.5) is 0 Å². The minimum atomic E-state index is 0.106. The van der Waals surface area contributed by atoms with Crippen molar-refractivity contribution >= 4 is 5.78 Å². The maximum Gasteiger partial charge on any atom is 0.135 e. The van der Waals surface area contributed by atoms with Gasteiger partial charge in [0, 0.05) is 18.3 Å². The Morgan fingerprint density at radius 1 is 1.62 bits per heavy atom. The lowest BCUT2D eigenvalue weighted by Gasteiger charge is -2.20. The topological polar surface area (TPSA) is 40.9 Å². The second kappa shape index (κ2) is 5.01. The summed E-state index contributed by atoms with van der Waals surface area (Å²) in [6.07, 6.45) is 5.89. The molecule has 0 aromatic carbocycles. The summed E-state index contributed by atoms with van der Waals surface area (Å²) in [5.74, 6) is 0.802. The molecule has 0 amide bonds. The van der Waals surface area contributed by atoms with Crippen molar-refractivity contribution in [3.8, 4) is 6.07 Å². The zero-order valence-corrected chi connectivity index (χ0v) is 8.25. The van der Waals surface area contributed by atoms with Gasteiger partial charge in [0.2, 0.25) is 0 Å². The van der Waals surface area contributed by atoms with E-state index in [1.165, 1.54) is 6.42 Å². The van der Waals surface area contributed by atoms with Crippen LogP contribution in [0.5, 0.6) is 0 Å². The monoisotopic (exact) mass is 179 g/mol. The smallest absolute Gasteiger partial charge is 0.135 e. The molecule has 0 aliphatic heterocycles. The highest BCUT2D eigenvalue weighted by atomic mass is 16.1. The molecule has 1 saturated carbocycles. The standard InChI is InChI=1S/C11H17NO/c1-9(8-12)6-7-10-4-2-3-5-11(10)13/h9-10H,2-7H2,1H3. The number of hydrogen-bond acceptors (Lipinski definition) is 2. The van der Waals surface area contributed by atoms with Crippen molar-refractivity contribution in [2.45, 2.75) is 45.4 Å². The fraction of sp³-hybridized carbons (Fsp3) is 0.818. The van der Waals surface area contributed by atoms with Crippen LogP contribution in [-0.2, 0) is 4.79 Å². The van der Waals surface area contributed by atoms with E-state index in [-0.39, 0.29) is 11.8 Å². The SMILES string of the molecule is CC(C#N)CCC1CCCCC1=O. The van der Waals surface area contributed by atoms with Gasteiger partial charge in [-0.05, 0) is 32.6 Å². The van der Waals surface area contributed by atoms with Crippen LogP contribution < -0.4 is 0 Å². The minimum absolute atomic E-state index is 0.106. The first kappa shape index (κ1) is 10.2. The van der Waals surface area contributed by atoms with Gasteiger partial charge in [0.05, 0.1) is 6.07 Å². The predicted molar refractivity (Wildman–Crippen MR) is 51.0 cm³/mol. The van der Waals surface area contributed by atoms with E-state index in [9.17, 15) is 4.79 Å². The van der Waals surface area contributed by atoms with E-state index >= 15 is 0 Å². The van der Waals surface area contributed by atoms with Crippen LogP contribution in [0.1, 0.15) is 45.4 Å². The van der Waals surface area contributed by atoms with Crippen LogP contribution in [0.25, 0.3) is 0 Å². The quantitative estimate of drug-likeness (QED) is 0.668. The largest absolute Gasteiger partial charge is 0.299 e. The van der Waals surface area contributed by atoms with E-state index in [4.69, 9.17) is 5.26 Å². The van der Waals surface area contributed by atoms with Crippen molar-refractivity contribution in [2.24, 2.45) is 11.8 Å². The van der Waals surface area contributed by atoms with E-state index in [2.05, 4.69) is 6.07 Å². The maximum atomic E-state index is 11.4. The van der Waals surface area contributed by atoms with Crippen LogP contribution in [0.3, 0.4) is 0 Å². The normalized spacial score (nSPS) is 25.2. The van der Waals surface area contributed by atoms with Gasteiger partial charge in [-0.2, -0.15) is 5.26 Å². The summed E-state index contributed by atoms with van der Waals surface area (Å²) < 4.78 is 0. The van der Waals surface area contributed by atoms with Crippen molar-refractivity contribution in [1.82, 2.24) is 0 Å².